The Morgan fingerprint density at radius 1 is 1.00 bits per heavy atom. The summed E-state index contributed by atoms with van der Waals surface area (Å²) in [6, 6.07) is 13.9. The van der Waals surface area contributed by atoms with Crippen LogP contribution in [0.15, 0.2) is 64.1 Å². The monoisotopic (exact) mass is 379 g/mol. The molecule has 2 aromatic carbocycles. The standard InChI is InChI=1S/C21H18FN3O3/c1-13-11-18(14(2)28-13)20(26)24-19-6-4-3-5-17(19)21(27)25-23-12-15-7-9-16(22)10-8-15/h3-12H,1-2H3,(H,24,26)(H,25,27)/b23-12+. The molecule has 0 bridgehead atoms. The van der Waals surface area contributed by atoms with Crippen LogP contribution < -0.4 is 10.7 Å². The number of aryl methyl sites for hydroxylation is 2. The van der Waals surface area contributed by atoms with E-state index in [0.29, 0.717) is 28.3 Å². The molecule has 0 fully saturated rings. The van der Waals surface area contributed by atoms with E-state index in [4.69, 9.17) is 4.42 Å². The number of hydrogen-bond acceptors (Lipinski definition) is 4. The Bertz CT molecular complexity index is 1040. The lowest BCUT2D eigenvalue weighted by Gasteiger charge is -2.09. The lowest BCUT2D eigenvalue weighted by atomic mass is 10.1. The van der Waals surface area contributed by atoms with E-state index in [1.54, 1.807) is 44.2 Å². The Morgan fingerprint density at radius 2 is 1.71 bits per heavy atom. The summed E-state index contributed by atoms with van der Waals surface area (Å²) in [7, 11) is 0. The molecule has 0 spiro atoms. The number of furan rings is 1. The predicted octanol–water partition coefficient (Wildman–Crippen LogP) is 4.05. The van der Waals surface area contributed by atoms with Crippen molar-refractivity contribution < 1.29 is 18.4 Å². The zero-order valence-corrected chi connectivity index (χ0v) is 15.3. The van der Waals surface area contributed by atoms with E-state index in [0.717, 1.165) is 0 Å². The van der Waals surface area contributed by atoms with Gasteiger partial charge in [-0.15, -0.1) is 0 Å². The average molecular weight is 379 g/mol. The van der Waals surface area contributed by atoms with Gasteiger partial charge in [-0.25, -0.2) is 9.82 Å². The van der Waals surface area contributed by atoms with Crippen LogP contribution in [-0.4, -0.2) is 18.0 Å². The molecule has 0 radical (unpaired) electrons. The van der Waals surface area contributed by atoms with E-state index in [1.165, 1.54) is 30.5 Å². The van der Waals surface area contributed by atoms with E-state index in [-0.39, 0.29) is 17.3 Å². The normalized spacial score (nSPS) is 10.8. The fraction of sp³-hybridized carbons (Fsp3) is 0.0952. The first-order chi connectivity index (χ1) is 13.4. The highest BCUT2D eigenvalue weighted by Gasteiger charge is 2.17. The van der Waals surface area contributed by atoms with Crippen molar-refractivity contribution in [3.8, 4) is 0 Å². The second-order valence-corrected chi connectivity index (χ2v) is 6.08. The van der Waals surface area contributed by atoms with Crippen molar-refractivity contribution in [3.05, 3.63) is 88.6 Å². The molecule has 28 heavy (non-hydrogen) atoms. The lowest BCUT2D eigenvalue weighted by molar-refractivity contribution is 0.0956. The van der Waals surface area contributed by atoms with Gasteiger partial charge in [0.2, 0.25) is 0 Å². The highest BCUT2D eigenvalue weighted by Crippen LogP contribution is 2.19. The fourth-order valence-electron chi connectivity index (χ4n) is 2.61. The molecule has 2 N–H and O–H groups in total. The molecule has 0 saturated carbocycles. The number of anilines is 1. The molecule has 0 aliphatic carbocycles. The van der Waals surface area contributed by atoms with Crippen molar-refractivity contribution in [2.45, 2.75) is 13.8 Å². The summed E-state index contributed by atoms with van der Waals surface area (Å²) < 4.78 is 18.3. The largest absolute Gasteiger partial charge is 0.466 e. The quantitative estimate of drug-likeness (QED) is 0.518. The number of para-hydroxylation sites is 1. The van der Waals surface area contributed by atoms with Crippen molar-refractivity contribution in [2.24, 2.45) is 5.10 Å². The third-order valence-corrected chi connectivity index (χ3v) is 3.96. The van der Waals surface area contributed by atoms with Gasteiger partial charge in [0.15, 0.2) is 0 Å². The number of amides is 2. The van der Waals surface area contributed by atoms with Crippen LogP contribution in [0.2, 0.25) is 0 Å². The smallest absolute Gasteiger partial charge is 0.273 e. The second-order valence-electron chi connectivity index (χ2n) is 6.08. The van der Waals surface area contributed by atoms with Crippen LogP contribution in [0.25, 0.3) is 0 Å². The van der Waals surface area contributed by atoms with Crippen molar-refractivity contribution in [1.82, 2.24) is 5.43 Å². The average Bonchev–Trinajstić information content (AvgIpc) is 3.02. The molecule has 6 nitrogen and oxygen atoms in total. The molecule has 0 unspecified atom stereocenters. The molecule has 1 heterocycles. The SMILES string of the molecule is Cc1cc(C(=O)Nc2ccccc2C(=O)N/N=C/c2ccc(F)cc2)c(C)o1. The summed E-state index contributed by atoms with van der Waals surface area (Å²) in [5.41, 5.74) is 4.04. The van der Waals surface area contributed by atoms with Gasteiger partial charge >= 0.3 is 0 Å². The maximum atomic E-state index is 12.9. The number of benzene rings is 2. The second kappa shape index (κ2) is 8.30. The first-order valence-corrected chi connectivity index (χ1v) is 8.50. The van der Waals surface area contributed by atoms with Crippen molar-refractivity contribution >= 4 is 23.7 Å². The van der Waals surface area contributed by atoms with Crippen LogP contribution in [0.4, 0.5) is 10.1 Å². The zero-order chi connectivity index (χ0) is 20.1. The predicted molar refractivity (Wildman–Crippen MR) is 104 cm³/mol. The van der Waals surface area contributed by atoms with Gasteiger partial charge in [-0.05, 0) is 49.7 Å². The highest BCUT2D eigenvalue weighted by molar-refractivity contribution is 6.09. The van der Waals surface area contributed by atoms with Gasteiger partial charge in [-0.2, -0.15) is 5.10 Å². The summed E-state index contributed by atoms with van der Waals surface area (Å²) >= 11 is 0. The summed E-state index contributed by atoms with van der Waals surface area (Å²) in [6.45, 7) is 3.45. The molecule has 142 valence electrons. The highest BCUT2D eigenvalue weighted by atomic mass is 19.1. The number of nitrogens with zero attached hydrogens (tertiary/aromatic N) is 1. The van der Waals surface area contributed by atoms with Crippen LogP contribution in [0, 0.1) is 19.7 Å². The summed E-state index contributed by atoms with van der Waals surface area (Å²) in [5.74, 6) is -0.0858. The summed E-state index contributed by atoms with van der Waals surface area (Å²) in [5, 5.41) is 6.59. The number of carbonyl (C=O) groups excluding carboxylic acids is 2. The molecule has 0 saturated heterocycles. The van der Waals surface area contributed by atoms with E-state index >= 15 is 0 Å². The van der Waals surface area contributed by atoms with E-state index < -0.39 is 5.91 Å². The first-order valence-electron chi connectivity index (χ1n) is 8.50. The maximum Gasteiger partial charge on any atom is 0.273 e. The van der Waals surface area contributed by atoms with Crippen LogP contribution in [0.3, 0.4) is 0 Å². The van der Waals surface area contributed by atoms with Gasteiger partial charge in [0, 0.05) is 0 Å². The molecule has 0 aliphatic heterocycles. The molecular formula is C21H18FN3O3. The first kappa shape index (κ1) is 19.0. The number of halogens is 1. The fourth-order valence-corrected chi connectivity index (χ4v) is 2.61. The van der Waals surface area contributed by atoms with Gasteiger partial charge in [-0.1, -0.05) is 24.3 Å². The summed E-state index contributed by atoms with van der Waals surface area (Å²) in [4.78, 5) is 24.9. The van der Waals surface area contributed by atoms with Gasteiger partial charge in [0.1, 0.15) is 17.3 Å². The Labute approximate surface area is 161 Å². The Hall–Kier alpha value is -3.74. The van der Waals surface area contributed by atoms with E-state index in [2.05, 4.69) is 15.8 Å². The van der Waals surface area contributed by atoms with Crippen LogP contribution in [0.1, 0.15) is 37.8 Å². The Kier molecular flexibility index (Phi) is 5.64. The molecule has 1 aromatic heterocycles. The lowest BCUT2D eigenvalue weighted by Crippen LogP contribution is -2.21. The molecule has 3 aromatic rings. The number of nitrogens with one attached hydrogen (secondary N) is 2. The van der Waals surface area contributed by atoms with Gasteiger partial charge in [-0.3, -0.25) is 9.59 Å². The topological polar surface area (TPSA) is 83.7 Å². The minimum absolute atomic E-state index is 0.255. The summed E-state index contributed by atoms with van der Waals surface area (Å²) in [6.07, 6.45) is 1.40. The number of hydrogen-bond donors (Lipinski definition) is 2. The van der Waals surface area contributed by atoms with E-state index in [9.17, 15) is 14.0 Å². The van der Waals surface area contributed by atoms with E-state index in [1.807, 2.05) is 0 Å². The van der Waals surface area contributed by atoms with Crippen LogP contribution in [0.5, 0.6) is 0 Å². The number of carbonyl (C=O) groups is 2. The van der Waals surface area contributed by atoms with Crippen molar-refractivity contribution in [1.29, 1.82) is 0 Å². The molecule has 7 heteroatoms. The number of hydrazone groups is 1. The van der Waals surface area contributed by atoms with Crippen LogP contribution in [-0.2, 0) is 0 Å². The maximum absolute atomic E-state index is 12.9. The van der Waals surface area contributed by atoms with Gasteiger partial charge < -0.3 is 9.73 Å². The van der Waals surface area contributed by atoms with Gasteiger partial charge in [0.25, 0.3) is 11.8 Å². The molecule has 0 aliphatic rings. The third kappa shape index (κ3) is 4.50. The Balaban J connectivity index is 1.72. The molecule has 3 rings (SSSR count). The van der Waals surface area contributed by atoms with Gasteiger partial charge in [0.05, 0.1) is 23.0 Å². The zero-order valence-electron chi connectivity index (χ0n) is 15.3. The van der Waals surface area contributed by atoms with Crippen molar-refractivity contribution in [2.75, 3.05) is 5.32 Å². The minimum atomic E-state index is -0.491. The molecule has 0 atom stereocenters. The minimum Gasteiger partial charge on any atom is -0.466 e. The third-order valence-electron chi connectivity index (χ3n) is 3.96. The molecule has 2 amide bonds. The number of rotatable bonds is 5. The van der Waals surface area contributed by atoms with Crippen molar-refractivity contribution in [3.63, 3.8) is 0 Å². The van der Waals surface area contributed by atoms with Crippen LogP contribution >= 0.6 is 0 Å². The molecular weight excluding hydrogens is 361 g/mol. The Morgan fingerprint density at radius 3 is 2.39 bits per heavy atom.